The van der Waals surface area contributed by atoms with E-state index in [0.717, 1.165) is 5.56 Å². The first-order valence-corrected chi connectivity index (χ1v) is 7.47. The molecular weight excluding hydrogens is 322 g/mol. The quantitative estimate of drug-likeness (QED) is 0.716. The minimum absolute atomic E-state index is 0.0449. The summed E-state index contributed by atoms with van der Waals surface area (Å²) in [5, 5.41) is 7.90. The smallest absolute Gasteiger partial charge is 0.330 e. The topological polar surface area (TPSA) is 112 Å². The van der Waals surface area contributed by atoms with Crippen molar-refractivity contribution in [3.63, 3.8) is 0 Å². The molecule has 0 saturated heterocycles. The zero-order valence-electron chi connectivity index (χ0n) is 13.8. The van der Waals surface area contributed by atoms with Crippen LogP contribution in [0.3, 0.4) is 0 Å². The number of nitrogen functional groups attached to an aromatic ring is 1. The summed E-state index contributed by atoms with van der Waals surface area (Å²) in [5.41, 5.74) is 6.69. The molecule has 0 saturated carbocycles. The highest BCUT2D eigenvalue weighted by Gasteiger charge is 2.09. The largest absolute Gasteiger partial charge is 0.472 e. The Kier molecular flexibility index (Phi) is 4.84. The molecule has 0 fully saturated rings. The molecule has 25 heavy (non-hydrogen) atoms. The number of aromatic nitrogens is 5. The van der Waals surface area contributed by atoms with Crippen molar-refractivity contribution in [3.05, 3.63) is 48.0 Å². The Morgan fingerprint density at radius 2 is 1.64 bits per heavy atom. The van der Waals surface area contributed by atoms with Crippen LogP contribution in [-0.2, 0) is 6.61 Å². The monoisotopic (exact) mass is 339 g/mol. The molecule has 0 unspecified atom stereocenters. The second kappa shape index (κ2) is 7.39. The van der Waals surface area contributed by atoms with E-state index < -0.39 is 0 Å². The van der Waals surface area contributed by atoms with Gasteiger partial charge in [-0.3, -0.25) is 0 Å². The molecule has 9 nitrogen and oxygen atoms in total. The number of rotatable bonds is 6. The summed E-state index contributed by atoms with van der Waals surface area (Å²) >= 11 is 0. The van der Waals surface area contributed by atoms with E-state index in [1.807, 2.05) is 30.3 Å². The Morgan fingerprint density at radius 3 is 2.32 bits per heavy atom. The average Bonchev–Trinajstić information content (AvgIpc) is 2.61. The van der Waals surface area contributed by atoms with Crippen LogP contribution in [0, 0.1) is 0 Å². The Hall–Kier alpha value is -3.49. The van der Waals surface area contributed by atoms with E-state index in [0.29, 0.717) is 18.4 Å². The number of ether oxygens (including phenoxy) is 2. The average molecular weight is 339 g/mol. The zero-order chi connectivity index (χ0) is 17.6. The summed E-state index contributed by atoms with van der Waals surface area (Å²) in [7, 11) is 3.58. The van der Waals surface area contributed by atoms with Gasteiger partial charge in [-0.1, -0.05) is 30.3 Å². The highest BCUT2D eigenvalue weighted by atomic mass is 16.5. The van der Waals surface area contributed by atoms with Gasteiger partial charge in [-0.25, -0.2) is 0 Å². The molecule has 128 valence electrons. The van der Waals surface area contributed by atoms with Crippen LogP contribution in [-0.4, -0.2) is 39.2 Å². The number of hydrogen-bond donors (Lipinski definition) is 1. The van der Waals surface area contributed by atoms with Crippen molar-refractivity contribution < 1.29 is 9.47 Å². The fourth-order valence-corrected chi connectivity index (χ4v) is 1.87. The minimum Gasteiger partial charge on any atom is -0.472 e. The lowest BCUT2D eigenvalue weighted by atomic mass is 10.2. The fourth-order valence-electron chi connectivity index (χ4n) is 1.87. The first-order chi connectivity index (χ1) is 12.1. The highest BCUT2D eigenvalue weighted by molar-refractivity contribution is 5.34. The summed E-state index contributed by atoms with van der Waals surface area (Å²) in [6.45, 7) is 0.409. The molecule has 0 aliphatic rings. The van der Waals surface area contributed by atoms with Crippen molar-refractivity contribution in [2.75, 3.05) is 24.7 Å². The van der Waals surface area contributed by atoms with Crippen LogP contribution in [0.25, 0.3) is 0 Å². The maximum absolute atomic E-state index is 5.64. The molecule has 3 rings (SSSR count). The third kappa shape index (κ3) is 4.50. The Balaban J connectivity index is 1.64. The van der Waals surface area contributed by atoms with E-state index in [4.69, 9.17) is 15.2 Å². The molecular formula is C16H17N7O2. The van der Waals surface area contributed by atoms with Crippen LogP contribution in [0.5, 0.6) is 17.8 Å². The van der Waals surface area contributed by atoms with E-state index in [1.165, 1.54) is 0 Å². The molecule has 0 atom stereocenters. The third-order valence-electron chi connectivity index (χ3n) is 3.06. The molecule has 0 amide bonds. The van der Waals surface area contributed by atoms with E-state index in [9.17, 15) is 0 Å². The van der Waals surface area contributed by atoms with Crippen molar-refractivity contribution in [1.29, 1.82) is 0 Å². The zero-order valence-corrected chi connectivity index (χ0v) is 13.8. The second-order valence-corrected chi connectivity index (χ2v) is 5.26. The number of nitrogens with two attached hydrogens (primary N) is 1. The lowest BCUT2D eigenvalue weighted by Gasteiger charge is -2.11. The van der Waals surface area contributed by atoms with Crippen LogP contribution >= 0.6 is 0 Å². The summed E-state index contributed by atoms with van der Waals surface area (Å²) in [5.74, 6) is 1.06. The van der Waals surface area contributed by atoms with Crippen LogP contribution < -0.4 is 20.1 Å². The molecule has 3 aromatic rings. The lowest BCUT2D eigenvalue weighted by molar-refractivity contribution is 0.287. The van der Waals surface area contributed by atoms with Crippen LogP contribution in [0.15, 0.2) is 42.5 Å². The van der Waals surface area contributed by atoms with Gasteiger partial charge >= 0.3 is 6.01 Å². The van der Waals surface area contributed by atoms with Gasteiger partial charge < -0.3 is 20.1 Å². The van der Waals surface area contributed by atoms with Gasteiger partial charge in [-0.05, 0) is 5.56 Å². The van der Waals surface area contributed by atoms with E-state index in [-0.39, 0.29) is 17.8 Å². The standard InChI is InChI=1S/C16H17N7O2/c1-23(2)15-18-14(17)19-16(20-15)25-13-9-8-12(21-22-13)24-10-11-6-4-3-5-7-11/h3-9H,10H2,1-2H3,(H2,17,18,19,20). The molecule has 0 radical (unpaired) electrons. The van der Waals surface area contributed by atoms with E-state index in [1.54, 1.807) is 31.1 Å². The Labute approximate surface area is 144 Å². The number of nitrogens with zero attached hydrogens (tertiary/aromatic N) is 6. The maximum atomic E-state index is 5.64. The Bertz CT molecular complexity index is 826. The molecule has 9 heteroatoms. The first kappa shape index (κ1) is 16.4. The van der Waals surface area contributed by atoms with E-state index >= 15 is 0 Å². The number of benzene rings is 1. The van der Waals surface area contributed by atoms with Gasteiger partial charge in [0.05, 0.1) is 0 Å². The van der Waals surface area contributed by atoms with Gasteiger partial charge in [-0.2, -0.15) is 15.0 Å². The maximum Gasteiger partial charge on any atom is 0.330 e. The van der Waals surface area contributed by atoms with Gasteiger partial charge in [0.2, 0.25) is 23.7 Å². The van der Waals surface area contributed by atoms with Crippen molar-refractivity contribution >= 4 is 11.9 Å². The van der Waals surface area contributed by atoms with Crippen LogP contribution in [0.1, 0.15) is 5.56 Å². The summed E-state index contributed by atoms with van der Waals surface area (Å²) in [6, 6.07) is 13.1. The van der Waals surface area contributed by atoms with Gasteiger partial charge in [0.25, 0.3) is 0 Å². The van der Waals surface area contributed by atoms with Crippen LogP contribution in [0.4, 0.5) is 11.9 Å². The molecule has 2 N–H and O–H groups in total. The highest BCUT2D eigenvalue weighted by Crippen LogP contribution is 2.19. The van der Waals surface area contributed by atoms with Crippen molar-refractivity contribution in [2.45, 2.75) is 6.61 Å². The molecule has 1 aromatic carbocycles. The fraction of sp³-hybridized carbons (Fsp3) is 0.188. The van der Waals surface area contributed by atoms with Gasteiger partial charge in [0, 0.05) is 26.2 Å². The van der Waals surface area contributed by atoms with Crippen molar-refractivity contribution in [2.24, 2.45) is 0 Å². The second-order valence-electron chi connectivity index (χ2n) is 5.26. The predicted molar refractivity (Wildman–Crippen MR) is 91.4 cm³/mol. The van der Waals surface area contributed by atoms with Crippen molar-refractivity contribution in [1.82, 2.24) is 25.1 Å². The summed E-state index contributed by atoms with van der Waals surface area (Å²) < 4.78 is 11.0. The number of anilines is 2. The predicted octanol–water partition coefficient (Wildman–Crippen LogP) is 1.68. The molecule has 0 aliphatic carbocycles. The van der Waals surface area contributed by atoms with Gasteiger partial charge in [0.1, 0.15) is 6.61 Å². The Morgan fingerprint density at radius 1 is 0.920 bits per heavy atom. The first-order valence-electron chi connectivity index (χ1n) is 7.47. The molecule has 2 heterocycles. The summed E-state index contributed by atoms with van der Waals surface area (Å²) in [6.07, 6.45) is 0. The van der Waals surface area contributed by atoms with E-state index in [2.05, 4.69) is 25.1 Å². The molecule has 2 aromatic heterocycles. The van der Waals surface area contributed by atoms with Crippen molar-refractivity contribution in [3.8, 4) is 17.8 Å². The normalized spacial score (nSPS) is 10.3. The number of hydrogen-bond acceptors (Lipinski definition) is 9. The van der Waals surface area contributed by atoms with Gasteiger partial charge in [0.15, 0.2) is 0 Å². The molecule has 0 spiro atoms. The molecule has 0 bridgehead atoms. The van der Waals surface area contributed by atoms with Crippen LogP contribution in [0.2, 0.25) is 0 Å². The third-order valence-corrected chi connectivity index (χ3v) is 3.06. The summed E-state index contributed by atoms with van der Waals surface area (Å²) in [4.78, 5) is 13.7. The van der Waals surface area contributed by atoms with Gasteiger partial charge in [-0.15, -0.1) is 10.2 Å². The molecule has 0 aliphatic heterocycles. The lowest BCUT2D eigenvalue weighted by Crippen LogP contribution is -2.15. The minimum atomic E-state index is 0.0449. The SMILES string of the molecule is CN(C)c1nc(N)nc(Oc2ccc(OCc3ccccc3)nn2)n1.